The van der Waals surface area contributed by atoms with Crippen LogP contribution < -0.4 is 0 Å². The van der Waals surface area contributed by atoms with Crippen molar-refractivity contribution in [2.75, 3.05) is 27.2 Å². The number of sulfonamides is 1. The first-order chi connectivity index (χ1) is 12.6. The van der Waals surface area contributed by atoms with Crippen molar-refractivity contribution in [1.29, 1.82) is 0 Å². The van der Waals surface area contributed by atoms with Gasteiger partial charge in [-0.25, -0.2) is 13.2 Å². The van der Waals surface area contributed by atoms with Gasteiger partial charge in [0.2, 0.25) is 5.91 Å². The van der Waals surface area contributed by atoms with Gasteiger partial charge < -0.3 is 14.9 Å². The molecule has 1 saturated heterocycles. The Morgan fingerprint density at radius 3 is 2.52 bits per heavy atom. The monoisotopic (exact) mass is 397 g/mol. The number of aliphatic carboxylic acids is 1. The second-order valence-corrected chi connectivity index (χ2v) is 9.05. The molecule has 0 aliphatic carbocycles. The first-order valence-electron chi connectivity index (χ1n) is 8.85. The number of carboxylic acids is 1. The lowest BCUT2D eigenvalue weighted by atomic mass is 10.0. The zero-order valence-electron chi connectivity index (χ0n) is 16.1. The van der Waals surface area contributed by atoms with Gasteiger partial charge >= 0.3 is 5.97 Å². The molecule has 9 heteroatoms. The molecule has 0 aromatic heterocycles. The Labute approximate surface area is 160 Å². The van der Waals surface area contributed by atoms with Crippen LogP contribution in [0.1, 0.15) is 20.3 Å². The SMILES string of the molecule is CC(C)[C@@H](C(=O)O)N(C)C(=O)[C@H]1CCN(S(=O)(=O)C2=CC=CC=CN2C)C1. The summed E-state index contributed by atoms with van der Waals surface area (Å²) in [6, 6.07) is -0.936. The van der Waals surface area contributed by atoms with Crippen molar-refractivity contribution in [2.24, 2.45) is 11.8 Å². The first-order valence-corrected chi connectivity index (χ1v) is 10.3. The molecule has 1 amide bonds. The number of likely N-dealkylation sites (N-methyl/N-ethyl adjacent to an activating group) is 1. The van der Waals surface area contributed by atoms with Gasteiger partial charge in [0.25, 0.3) is 10.0 Å². The van der Waals surface area contributed by atoms with Crippen LogP contribution in [0.4, 0.5) is 0 Å². The normalized spacial score (nSPS) is 21.9. The lowest BCUT2D eigenvalue weighted by Gasteiger charge is -2.30. The molecule has 2 aliphatic heterocycles. The molecule has 2 atom stereocenters. The molecule has 0 radical (unpaired) electrons. The van der Waals surface area contributed by atoms with Crippen LogP contribution in [0.2, 0.25) is 0 Å². The minimum absolute atomic E-state index is 0.0501. The molecule has 0 bridgehead atoms. The molecular formula is C18H27N3O5S. The predicted molar refractivity (Wildman–Crippen MR) is 102 cm³/mol. The van der Waals surface area contributed by atoms with Gasteiger partial charge in [-0.15, -0.1) is 0 Å². The summed E-state index contributed by atoms with van der Waals surface area (Å²) in [7, 11) is -0.629. The van der Waals surface area contributed by atoms with E-state index in [4.69, 9.17) is 0 Å². The maximum Gasteiger partial charge on any atom is 0.326 e. The number of hydrogen-bond donors (Lipinski definition) is 1. The number of hydrogen-bond acceptors (Lipinski definition) is 5. The summed E-state index contributed by atoms with van der Waals surface area (Å²) in [6.07, 6.45) is 8.68. The average Bonchev–Trinajstić information content (AvgIpc) is 2.97. The standard InChI is InChI=1S/C18H27N3O5S/c1-13(2)16(18(23)24)20(4)17(22)14-9-11-21(12-14)27(25,26)15-8-6-5-7-10-19(15)3/h5-8,10,13-14,16H,9,11-12H2,1-4H3,(H,23,24)/t14-,16-/m0/s1. The Kier molecular flexibility index (Phi) is 6.48. The van der Waals surface area contributed by atoms with Crippen molar-refractivity contribution >= 4 is 21.9 Å². The third kappa shape index (κ3) is 4.41. The van der Waals surface area contributed by atoms with E-state index in [0.717, 1.165) is 0 Å². The van der Waals surface area contributed by atoms with Crippen LogP contribution >= 0.6 is 0 Å². The maximum atomic E-state index is 13.0. The molecule has 150 valence electrons. The van der Waals surface area contributed by atoms with Gasteiger partial charge in [0.05, 0.1) is 5.92 Å². The quantitative estimate of drug-likeness (QED) is 0.720. The molecule has 1 N–H and O–H groups in total. The van der Waals surface area contributed by atoms with Crippen molar-refractivity contribution in [3.8, 4) is 0 Å². The van der Waals surface area contributed by atoms with Gasteiger partial charge in [-0.1, -0.05) is 26.0 Å². The number of allylic oxidation sites excluding steroid dienone is 4. The van der Waals surface area contributed by atoms with Crippen LogP contribution in [0.5, 0.6) is 0 Å². The average molecular weight is 397 g/mol. The Bertz CT molecular complexity index is 785. The van der Waals surface area contributed by atoms with E-state index >= 15 is 0 Å². The largest absolute Gasteiger partial charge is 0.480 e. The van der Waals surface area contributed by atoms with Crippen molar-refractivity contribution in [2.45, 2.75) is 26.3 Å². The lowest BCUT2D eigenvalue weighted by molar-refractivity contribution is -0.152. The van der Waals surface area contributed by atoms with E-state index in [2.05, 4.69) is 0 Å². The van der Waals surface area contributed by atoms with Crippen LogP contribution in [-0.2, 0) is 19.6 Å². The maximum absolute atomic E-state index is 13.0. The minimum atomic E-state index is -3.75. The first kappa shape index (κ1) is 21.2. The summed E-state index contributed by atoms with van der Waals surface area (Å²) in [5.74, 6) is -2.20. The molecule has 2 heterocycles. The van der Waals surface area contributed by atoms with Gasteiger partial charge in [-0.2, -0.15) is 4.31 Å². The number of carbonyl (C=O) groups is 2. The molecule has 27 heavy (non-hydrogen) atoms. The van der Waals surface area contributed by atoms with Crippen LogP contribution in [0, 0.1) is 11.8 Å². The molecule has 1 fully saturated rings. The molecule has 0 aromatic rings. The number of carbonyl (C=O) groups excluding carboxylic acids is 1. The van der Waals surface area contributed by atoms with Crippen molar-refractivity contribution in [1.82, 2.24) is 14.1 Å². The van der Waals surface area contributed by atoms with Gasteiger partial charge in [-0.3, -0.25) is 4.79 Å². The van der Waals surface area contributed by atoms with E-state index in [9.17, 15) is 23.1 Å². The van der Waals surface area contributed by atoms with Gasteiger partial charge in [0.1, 0.15) is 11.1 Å². The molecule has 2 rings (SSSR count). The van der Waals surface area contributed by atoms with Gasteiger partial charge in [-0.05, 0) is 24.5 Å². The summed E-state index contributed by atoms with van der Waals surface area (Å²) in [5.41, 5.74) is 0. The van der Waals surface area contributed by atoms with Crippen LogP contribution in [-0.4, -0.2) is 72.7 Å². The van der Waals surface area contributed by atoms with E-state index in [-0.39, 0.29) is 29.9 Å². The number of carboxylic acid groups (broad SMARTS) is 1. The second-order valence-electron chi connectivity index (χ2n) is 7.17. The summed E-state index contributed by atoms with van der Waals surface area (Å²) in [6.45, 7) is 3.76. The fourth-order valence-corrected chi connectivity index (χ4v) is 5.11. The molecule has 0 aromatic carbocycles. The van der Waals surface area contributed by atoms with Gasteiger partial charge in [0.15, 0.2) is 0 Å². The van der Waals surface area contributed by atoms with Crippen LogP contribution in [0.25, 0.3) is 0 Å². The minimum Gasteiger partial charge on any atom is -0.480 e. The lowest BCUT2D eigenvalue weighted by Crippen LogP contribution is -2.48. The summed E-state index contributed by atoms with van der Waals surface area (Å²) in [5, 5.41) is 9.53. The Morgan fingerprint density at radius 2 is 1.93 bits per heavy atom. The molecular weight excluding hydrogens is 370 g/mol. The third-order valence-corrected chi connectivity index (χ3v) is 6.84. The zero-order valence-corrected chi connectivity index (χ0v) is 16.9. The second kappa shape index (κ2) is 8.26. The van der Waals surface area contributed by atoms with E-state index in [1.165, 1.54) is 27.2 Å². The molecule has 8 nitrogen and oxygen atoms in total. The molecule has 0 unspecified atom stereocenters. The topological polar surface area (TPSA) is 98.2 Å². The smallest absolute Gasteiger partial charge is 0.326 e. The number of nitrogens with zero attached hydrogens (tertiary/aromatic N) is 3. The van der Waals surface area contributed by atoms with E-state index in [0.29, 0.717) is 6.42 Å². The Morgan fingerprint density at radius 1 is 1.26 bits per heavy atom. The Hall–Kier alpha value is -2.13. The molecule has 2 aliphatic rings. The van der Waals surface area contributed by atoms with Gasteiger partial charge in [0, 0.05) is 33.4 Å². The summed E-state index contributed by atoms with van der Waals surface area (Å²) in [4.78, 5) is 27.0. The number of rotatable bonds is 6. The fraction of sp³-hybridized carbons (Fsp3) is 0.556. The van der Waals surface area contributed by atoms with Crippen molar-refractivity contribution < 1.29 is 23.1 Å². The summed E-state index contributed by atoms with van der Waals surface area (Å²) < 4.78 is 27.2. The van der Waals surface area contributed by atoms with E-state index in [1.807, 2.05) is 0 Å². The summed E-state index contributed by atoms with van der Waals surface area (Å²) >= 11 is 0. The van der Waals surface area contributed by atoms with Crippen LogP contribution in [0.3, 0.4) is 0 Å². The Balaban J connectivity index is 2.15. The van der Waals surface area contributed by atoms with Crippen molar-refractivity contribution in [3.63, 3.8) is 0 Å². The highest BCUT2D eigenvalue weighted by atomic mass is 32.2. The van der Waals surface area contributed by atoms with Crippen LogP contribution in [0.15, 0.2) is 35.5 Å². The molecule has 0 saturated carbocycles. The third-order valence-electron chi connectivity index (χ3n) is 4.87. The molecule has 0 spiro atoms. The van der Waals surface area contributed by atoms with E-state index in [1.54, 1.807) is 45.3 Å². The highest BCUT2D eigenvalue weighted by Crippen LogP contribution is 2.27. The fourth-order valence-electron chi connectivity index (χ4n) is 3.44. The highest BCUT2D eigenvalue weighted by Gasteiger charge is 2.40. The predicted octanol–water partition coefficient (Wildman–Crippen LogP) is 1.06. The van der Waals surface area contributed by atoms with Crippen molar-refractivity contribution in [3.05, 3.63) is 35.5 Å². The zero-order chi connectivity index (χ0) is 20.4. The van der Waals surface area contributed by atoms with E-state index < -0.39 is 28.0 Å². The highest BCUT2D eigenvalue weighted by molar-refractivity contribution is 7.92. The number of amides is 1.